The Balaban J connectivity index is 1.25. The summed E-state index contributed by atoms with van der Waals surface area (Å²) in [6, 6.07) is 2.87. The van der Waals surface area contributed by atoms with Crippen LogP contribution in [0.4, 0.5) is 17.7 Å². The van der Waals surface area contributed by atoms with E-state index >= 15 is 0 Å². The van der Waals surface area contributed by atoms with Crippen LogP contribution in [0.5, 0.6) is 0 Å². The highest BCUT2D eigenvalue weighted by molar-refractivity contribution is 6.04. The number of amides is 1. The largest absolute Gasteiger partial charge is 0.431 e. The molecule has 0 radical (unpaired) electrons. The van der Waals surface area contributed by atoms with E-state index in [1.54, 1.807) is 0 Å². The minimum atomic E-state index is -0.316. The van der Waals surface area contributed by atoms with E-state index in [9.17, 15) is 4.79 Å². The standard InChI is InChI=1S/C22H26N6O4/c1-13-4-5-28(11-13)21-24-16(12-31-21)20(29)23-15-10-17-19(25-18(15)14-2-3-14)26-22(32-17)27-6-8-30-9-7-27/h10,12-14H,2-9,11H2,1H3,(H,23,29)/t13-/m0/s1. The average molecular weight is 438 g/mol. The Morgan fingerprint density at radius 1 is 1.06 bits per heavy atom. The normalized spacial score (nSPS) is 21.5. The summed E-state index contributed by atoms with van der Waals surface area (Å²) in [6.45, 7) is 6.75. The molecule has 168 valence electrons. The highest BCUT2D eigenvalue weighted by Gasteiger charge is 2.31. The fourth-order valence-electron chi connectivity index (χ4n) is 4.33. The number of fused-ring (bicyclic) bond motifs is 1. The molecule has 3 aliphatic rings. The number of carbonyl (C=O) groups is 1. The molecule has 1 aliphatic carbocycles. The van der Waals surface area contributed by atoms with E-state index in [-0.39, 0.29) is 11.6 Å². The lowest BCUT2D eigenvalue weighted by Gasteiger charge is -2.24. The molecule has 1 N–H and O–H groups in total. The summed E-state index contributed by atoms with van der Waals surface area (Å²) in [5.74, 6) is 0.614. The summed E-state index contributed by atoms with van der Waals surface area (Å²) in [7, 11) is 0. The van der Waals surface area contributed by atoms with Gasteiger partial charge in [0.25, 0.3) is 17.9 Å². The third-order valence-electron chi connectivity index (χ3n) is 6.31. The van der Waals surface area contributed by atoms with Gasteiger partial charge in [0.2, 0.25) is 5.65 Å². The van der Waals surface area contributed by atoms with Gasteiger partial charge in [-0.15, -0.1) is 0 Å². The zero-order valence-electron chi connectivity index (χ0n) is 18.0. The topological polar surface area (TPSA) is 110 Å². The van der Waals surface area contributed by atoms with E-state index in [0.29, 0.717) is 54.0 Å². The molecule has 3 aromatic rings. The van der Waals surface area contributed by atoms with Crippen LogP contribution in [-0.4, -0.2) is 60.3 Å². The van der Waals surface area contributed by atoms with E-state index in [0.717, 1.165) is 51.1 Å². The number of hydrogen-bond donors (Lipinski definition) is 1. The Morgan fingerprint density at radius 2 is 1.91 bits per heavy atom. The molecule has 10 heteroatoms. The van der Waals surface area contributed by atoms with Crippen molar-refractivity contribution in [2.75, 3.05) is 54.5 Å². The highest BCUT2D eigenvalue weighted by atomic mass is 16.5. The summed E-state index contributed by atoms with van der Waals surface area (Å²) in [6.07, 6.45) is 4.62. The van der Waals surface area contributed by atoms with Crippen LogP contribution in [0.1, 0.15) is 48.3 Å². The molecule has 10 nitrogen and oxygen atoms in total. The lowest BCUT2D eigenvalue weighted by atomic mass is 10.2. The second-order valence-electron chi connectivity index (χ2n) is 8.92. The summed E-state index contributed by atoms with van der Waals surface area (Å²) in [4.78, 5) is 30.8. The predicted molar refractivity (Wildman–Crippen MR) is 117 cm³/mol. The number of aromatic nitrogens is 3. The molecule has 5 heterocycles. The minimum absolute atomic E-state index is 0.257. The number of nitrogens with zero attached hydrogens (tertiary/aromatic N) is 5. The van der Waals surface area contributed by atoms with Crippen molar-refractivity contribution in [2.45, 2.75) is 32.1 Å². The number of morpholine rings is 1. The van der Waals surface area contributed by atoms with Crippen molar-refractivity contribution in [2.24, 2.45) is 5.92 Å². The molecule has 2 aliphatic heterocycles. The van der Waals surface area contributed by atoms with Gasteiger partial charge in [0.05, 0.1) is 24.6 Å². The smallest absolute Gasteiger partial charge is 0.300 e. The number of carbonyl (C=O) groups excluding carboxylic acids is 1. The zero-order valence-corrected chi connectivity index (χ0v) is 18.0. The van der Waals surface area contributed by atoms with Crippen LogP contribution in [0.15, 0.2) is 21.2 Å². The molecule has 1 amide bonds. The maximum atomic E-state index is 12.9. The van der Waals surface area contributed by atoms with Gasteiger partial charge in [0.1, 0.15) is 6.26 Å². The second-order valence-corrected chi connectivity index (χ2v) is 8.92. The van der Waals surface area contributed by atoms with E-state index in [1.807, 2.05) is 6.07 Å². The molecule has 0 bridgehead atoms. The second kappa shape index (κ2) is 7.77. The number of anilines is 3. The lowest BCUT2D eigenvalue weighted by Crippen LogP contribution is -2.36. The van der Waals surface area contributed by atoms with Gasteiger partial charge in [-0.25, -0.2) is 4.98 Å². The van der Waals surface area contributed by atoms with Gasteiger partial charge in [-0.1, -0.05) is 6.92 Å². The van der Waals surface area contributed by atoms with Crippen LogP contribution in [0, 0.1) is 5.92 Å². The first-order chi connectivity index (χ1) is 15.6. The molecular formula is C22H26N6O4. The van der Waals surface area contributed by atoms with Gasteiger partial charge in [0, 0.05) is 38.2 Å². The highest BCUT2D eigenvalue weighted by Crippen LogP contribution is 2.43. The summed E-state index contributed by atoms with van der Waals surface area (Å²) >= 11 is 0. The first-order valence-corrected chi connectivity index (χ1v) is 11.3. The third-order valence-corrected chi connectivity index (χ3v) is 6.31. The monoisotopic (exact) mass is 438 g/mol. The van der Waals surface area contributed by atoms with Crippen LogP contribution in [0.3, 0.4) is 0 Å². The van der Waals surface area contributed by atoms with Crippen molar-refractivity contribution < 1.29 is 18.4 Å². The Kier molecular flexibility index (Phi) is 4.74. The number of oxazole rings is 2. The Bertz CT molecular complexity index is 1150. The predicted octanol–water partition coefficient (Wildman–Crippen LogP) is 3.02. The van der Waals surface area contributed by atoms with Crippen LogP contribution in [-0.2, 0) is 4.74 Å². The van der Waals surface area contributed by atoms with E-state index in [2.05, 4.69) is 32.0 Å². The van der Waals surface area contributed by atoms with Crippen molar-refractivity contribution in [3.05, 3.63) is 23.7 Å². The third kappa shape index (κ3) is 3.68. The fourth-order valence-corrected chi connectivity index (χ4v) is 4.33. The first kappa shape index (κ1) is 19.5. The number of nitrogens with one attached hydrogen (secondary N) is 1. The number of hydrogen-bond acceptors (Lipinski definition) is 9. The Morgan fingerprint density at radius 3 is 2.66 bits per heavy atom. The first-order valence-electron chi connectivity index (χ1n) is 11.3. The number of pyridine rings is 1. The van der Waals surface area contributed by atoms with Gasteiger partial charge in [0.15, 0.2) is 11.3 Å². The molecule has 2 saturated heterocycles. The van der Waals surface area contributed by atoms with Gasteiger partial charge in [-0.2, -0.15) is 9.97 Å². The molecule has 3 fully saturated rings. The van der Waals surface area contributed by atoms with Gasteiger partial charge in [-0.3, -0.25) is 4.79 Å². The Hall–Kier alpha value is -3.14. The van der Waals surface area contributed by atoms with Crippen LogP contribution < -0.4 is 15.1 Å². The SMILES string of the molecule is C[C@H]1CCN(c2nc(C(=O)Nc3cc4oc(N5CCOCC5)nc4nc3C3CC3)co2)C1. The van der Waals surface area contributed by atoms with Gasteiger partial charge < -0.3 is 28.7 Å². The van der Waals surface area contributed by atoms with Crippen molar-refractivity contribution in [1.82, 2.24) is 15.0 Å². The van der Waals surface area contributed by atoms with Crippen LogP contribution in [0.2, 0.25) is 0 Å². The van der Waals surface area contributed by atoms with Gasteiger partial charge in [-0.05, 0) is 25.2 Å². The molecule has 0 aromatic carbocycles. The summed E-state index contributed by atoms with van der Waals surface area (Å²) in [5.41, 5.74) is 2.88. The molecule has 0 unspecified atom stereocenters. The molecule has 1 atom stereocenters. The van der Waals surface area contributed by atoms with Crippen molar-refractivity contribution in [1.29, 1.82) is 0 Å². The molecule has 32 heavy (non-hydrogen) atoms. The summed E-state index contributed by atoms with van der Waals surface area (Å²) < 4.78 is 17.0. The maximum absolute atomic E-state index is 12.9. The molecule has 0 spiro atoms. The fraction of sp³-hybridized carbons (Fsp3) is 0.545. The number of ether oxygens (including phenoxy) is 1. The molecular weight excluding hydrogens is 412 g/mol. The van der Waals surface area contributed by atoms with Crippen molar-refractivity contribution in [3.8, 4) is 0 Å². The molecule has 1 saturated carbocycles. The van der Waals surface area contributed by atoms with E-state index < -0.39 is 0 Å². The van der Waals surface area contributed by atoms with Crippen molar-refractivity contribution in [3.63, 3.8) is 0 Å². The number of rotatable bonds is 5. The average Bonchev–Trinajstić information content (AvgIpc) is 3.19. The lowest BCUT2D eigenvalue weighted by molar-refractivity contribution is 0.102. The van der Waals surface area contributed by atoms with Crippen molar-refractivity contribution >= 4 is 34.9 Å². The quantitative estimate of drug-likeness (QED) is 0.643. The summed E-state index contributed by atoms with van der Waals surface area (Å²) in [5, 5.41) is 2.98. The minimum Gasteiger partial charge on any atom is -0.431 e. The van der Waals surface area contributed by atoms with Gasteiger partial charge >= 0.3 is 0 Å². The molecule has 6 rings (SSSR count). The molecule has 3 aromatic heterocycles. The zero-order chi connectivity index (χ0) is 21.7. The van der Waals surface area contributed by atoms with Crippen LogP contribution >= 0.6 is 0 Å². The van der Waals surface area contributed by atoms with E-state index in [1.165, 1.54) is 6.26 Å². The Labute approximate surface area is 184 Å². The van der Waals surface area contributed by atoms with Crippen LogP contribution in [0.25, 0.3) is 11.2 Å². The van der Waals surface area contributed by atoms with E-state index in [4.69, 9.17) is 18.6 Å². The maximum Gasteiger partial charge on any atom is 0.300 e.